The SMILES string of the molecule is COc1cccc(CNc2ccc(C)c3ncccc23)n1. The highest BCUT2D eigenvalue weighted by atomic mass is 16.5. The summed E-state index contributed by atoms with van der Waals surface area (Å²) in [5.74, 6) is 0.629. The van der Waals surface area contributed by atoms with Crippen molar-refractivity contribution >= 4 is 16.6 Å². The zero-order valence-corrected chi connectivity index (χ0v) is 12.1. The highest BCUT2D eigenvalue weighted by Crippen LogP contribution is 2.24. The van der Waals surface area contributed by atoms with Gasteiger partial charge in [-0.25, -0.2) is 4.98 Å². The van der Waals surface area contributed by atoms with Gasteiger partial charge >= 0.3 is 0 Å². The molecule has 1 aromatic carbocycles. The fraction of sp³-hybridized carbons (Fsp3) is 0.176. The van der Waals surface area contributed by atoms with Crippen LogP contribution >= 0.6 is 0 Å². The topological polar surface area (TPSA) is 47.0 Å². The van der Waals surface area contributed by atoms with Gasteiger partial charge in [-0.15, -0.1) is 0 Å². The quantitative estimate of drug-likeness (QED) is 0.793. The third-order valence-corrected chi connectivity index (χ3v) is 3.42. The lowest BCUT2D eigenvalue weighted by molar-refractivity contribution is 0.396. The maximum atomic E-state index is 5.14. The van der Waals surface area contributed by atoms with Crippen molar-refractivity contribution in [2.75, 3.05) is 12.4 Å². The molecule has 0 saturated carbocycles. The highest BCUT2D eigenvalue weighted by molar-refractivity contribution is 5.93. The molecule has 0 spiro atoms. The van der Waals surface area contributed by atoms with E-state index in [4.69, 9.17) is 4.74 Å². The molecule has 2 heterocycles. The Balaban J connectivity index is 1.87. The Kier molecular flexibility index (Phi) is 3.69. The van der Waals surface area contributed by atoms with Gasteiger partial charge in [-0.1, -0.05) is 12.1 Å². The summed E-state index contributed by atoms with van der Waals surface area (Å²) in [7, 11) is 1.62. The number of nitrogens with one attached hydrogen (secondary N) is 1. The first-order valence-corrected chi connectivity index (χ1v) is 6.86. The standard InChI is InChI=1S/C17H17N3O/c1-12-8-9-15(14-6-4-10-18-17(12)14)19-11-13-5-3-7-16(20-13)21-2/h3-10,19H,11H2,1-2H3. The number of rotatable bonds is 4. The molecule has 0 fully saturated rings. The van der Waals surface area contributed by atoms with E-state index in [1.807, 2.05) is 30.5 Å². The molecule has 3 aromatic rings. The molecule has 21 heavy (non-hydrogen) atoms. The van der Waals surface area contributed by atoms with E-state index in [9.17, 15) is 0 Å². The van der Waals surface area contributed by atoms with Gasteiger partial charge in [0.05, 0.1) is 24.9 Å². The molecule has 4 nitrogen and oxygen atoms in total. The van der Waals surface area contributed by atoms with Gasteiger partial charge in [0.25, 0.3) is 0 Å². The number of anilines is 1. The van der Waals surface area contributed by atoms with Gasteiger partial charge in [0, 0.05) is 23.3 Å². The fourth-order valence-corrected chi connectivity index (χ4v) is 2.32. The lowest BCUT2D eigenvalue weighted by atomic mass is 10.1. The molecule has 0 aliphatic rings. The van der Waals surface area contributed by atoms with Crippen LogP contribution in [-0.2, 0) is 6.54 Å². The zero-order valence-electron chi connectivity index (χ0n) is 12.1. The average molecular weight is 279 g/mol. The van der Waals surface area contributed by atoms with Crippen LogP contribution in [0.25, 0.3) is 10.9 Å². The van der Waals surface area contributed by atoms with Crippen LogP contribution < -0.4 is 10.1 Å². The number of hydrogen-bond acceptors (Lipinski definition) is 4. The summed E-state index contributed by atoms with van der Waals surface area (Å²) < 4.78 is 5.14. The summed E-state index contributed by atoms with van der Waals surface area (Å²) in [6.45, 7) is 2.72. The molecule has 0 saturated heterocycles. The molecule has 4 heteroatoms. The van der Waals surface area contributed by atoms with Crippen molar-refractivity contribution in [3.05, 3.63) is 59.9 Å². The summed E-state index contributed by atoms with van der Waals surface area (Å²) in [6.07, 6.45) is 1.82. The third kappa shape index (κ3) is 2.79. The van der Waals surface area contributed by atoms with Crippen molar-refractivity contribution in [1.82, 2.24) is 9.97 Å². The van der Waals surface area contributed by atoms with E-state index in [1.165, 1.54) is 5.56 Å². The van der Waals surface area contributed by atoms with Crippen molar-refractivity contribution in [3.63, 3.8) is 0 Å². The number of aryl methyl sites for hydroxylation is 1. The molecular formula is C17H17N3O. The molecule has 2 aromatic heterocycles. The van der Waals surface area contributed by atoms with Crippen molar-refractivity contribution in [2.24, 2.45) is 0 Å². The van der Waals surface area contributed by atoms with Crippen LogP contribution in [-0.4, -0.2) is 17.1 Å². The summed E-state index contributed by atoms with van der Waals surface area (Å²) in [6, 6.07) is 14.0. The Morgan fingerprint density at radius 1 is 1.10 bits per heavy atom. The smallest absolute Gasteiger partial charge is 0.213 e. The highest BCUT2D eigenvalue weighted by Gasteiger charge is 2.04. The number of fused-ring (bicyclic) bond motifs is 1. The van der Waals surface area contributed by atoms with Crippen molar-refractivity contribution in [3.8, 4) is 5.88 Å². The van der Waals surface area contributed by atoms with Crippen LogP contribution in [0.3, 0.4) is 0 Å². The first-order valence-electron chi connectivity index (χ1n) is 6.86. The molecule has 1 N–H and O–H groups in total. The van der Waals surface area contributed by atoms with Crippen LogP contribution in [0.4, 0.5) is 5.69 Å². The Morgan fingerprint density at radius 3 is 2.86 bits per heavy atom. The zero-order chi connectivity index (χ0) is 14.7. The molecule has 0 bridgehead atoms. The van der Waals surface area contributed by atoms with Gasteiger partial charge in [0.15, 0.2) is 0 Å². The molecule has 0 atom stereocenters. The van der Waals surface area contributed by atoms with Crippen molar-refractivity contribution in [1.29, 1.82) is 0 Å². The number of methoxy groups -OCH3 is 1. The van der Waals surface area contributed by atoms with Crippen molar-refractivity contribution in [2.45, 2.75) is 13.5 Å². The summed E-state index contributed by atoms with van der Waals surface area (Å²) in [5, 5.41) is 4.55. The lowest BCUT2D eigenvalue weighted by Gasteiger charge is -2.11. The maximum absolute atomic E-state index is 5.14. The van der Waals surface area contributed by atoms with Crippen LogP contribution in [0.2, 0.25) is 0 Å². The minimum Gasteiger partial charge on any atom is -0.481 e. The number of nitrogens with zero attached hydrogens (tertiary/aromatic N) is 2. The van der Waals surface area contributed by atoms with Gasteiger partial charge in [-0.05, 0) is 36.8 Å². The van der Waals surface area contributed by atoms with E-state index in [2.05, 4.69) is 40.4 Å². The Hall–Kier alpha value is -2.62. The molecule has 106 valence electrons. The number of aromatic nitrogens is 2. The second-order valence-electron chi connectivity index (χ2n) is 4.85. The molecular weight excluding hydrogens is 262 g/mol. The minimum absolute atomic E-state index is 0.629. The van der Waals surface area contributed by atoms with Gasteiger partial charge in [0.1, 0.15) is 0 Å². The molecule has 0 radical (unpaired) electrons. The van der Waals surface area contributed by atoms with Crippen LogP contribution in [0, 0.1) is 6.92 Å². The van der Waals surface area contributed by atoms with Gasteiger partial charge in [-0.3, -0.25) is 4.98 Å². The number of hydrogen-bond donors (Lipinski definition) is 1. The van der Waals surface area contributed by atoms with Gasteiger partial charge < -0.3 is 10.1 Å². The first kappa shape index (κ1) is 13.4. The Morgan fingerprint density at radius 2 is 2.00 bits per heavy atom. The van der Waals surface area contributed by atoms with Crippen LogP contribution in [0.15, 0.2) is 48.7 Å². The fourth-order valence-electron chi connectivity index (χ4n) is 2.32. The van der Waals surface area contributed by atoms with E-state index in [0.29, 0.717) is 12.4 Å². The van der Waals surface area contributed by atoms with Crippen molar-refractivity contribution < 1.29 is 4.74 Å². The number of benzene rings is 1. The molecule has 0 unspecified atom stereocenters. The van der Waals surface area contributed by atoms with Gasteiger partial charge in [0.2, 0.25) is 5.88 Å². The number of pyridine rings is 2. The second kappa shape index (κ2) is 5.79. The Bertz CT molecular complexity index is 771. The predicted octanol–water partition coefficient (Wildman–Crippen LogP) is 3.56. The van der Waals surface area contributed by atoms with Crippen LogP contribution in [0.5, 0.6) is 5.88 Å². The van der Waals surface area contributed by atoms with Crippen LogP contribution in [0.1, 0.15) is 11.3 Å². The van der Waals surface area contributed by atoms with E-state index in [1.54, 1.807) is 7.11 Å². The number of ether oxygens (including phenoxy) is 1. The third-order valence-electron chi connectivity index (χ3n) is 3.42. The van der Waals surface area contributed by atoms with E-state index < -0.39 is 0 Å². The van der Waals surface area contributed by atoms with Gasteiger partial charge in [-0.2, -0.15) is 0 Å². The molecule has 3 rings (SSSR count). The first-order chi connectivity index (χ1) is 10.3. The average Bonchev–Trinajstić information content (AvgIpc) is 2.55. The van der Waals surface area contributed by atoms with E-state index in [-0.39, 0.29) is 0 Å². The minimum atomic E-state index is 0.629. The molecule has 0 aliphatic carbocycles. The summed E-state index contributed by atoms with van der Waals surface area (Å²) >= 11 is 0. The van der Waals surface area contributed by atoms with E-state index in [0.717, 1.165) is 22.3 Å². The molecule has 0 aliphatic heterocycles. The van der Waals surface area contributed by atoms with E-state index >= 15 is 0 Å². The summed E-state index contributed by atoms with van der Waals surface area (Å²) in [5.41, 5.74) is 4.21. The normalized spacial score (nSPS) is 10.6. The predicted molar refractivity (Wildman–Crippen MR) is 84.6 cm³/mol. The maximum Gasteiger partial charge on any atom is 0.213 e. The lowest BCUT2D eigenvalue weighted by Crippen LogP contribution is -2.03. The Labute approximate surface area is 123 Å². The second-order valence-corrected chi connectivity index (χ2v) is 4.85. The summed E-state index contributed by atoms with van der Waals surface area (Å²) in [4.78, 5) is 8.85. The largest absolute Gasteiger partial charge is 0.481 e. The monoisotopic (exact) mass is 279 g/mol. The molecule has 0 amide bonds.